The quantitative estimate of drug-likeness (QED) is 0.0333. The van der Waals surface area contributed by atoms with Crippen molar-refractivity contribution >= 4 is 57.4 Å². The molecule has 0 aliphatic carbocycles. The number of fused-ring (bicyclic) bond motifs is 2. The second-order valence-electron chi connectivity index (χ2n) is 18.3. The fourth-order valence-electron chi connectivity index (χ4n) is 8.58. The molecule has 0 saturated carbocycles. The summed E-state index contributed by atoms with van der Waals surface area (Å²) in [6.07, 6.45) is 2.42. The Kier molecular flexibility index (Phi) is 17.3. The van der Waals surface area contributed by atoms with Gasteiger partial charge in [0.15, 0.2) is 0 Å². The predicted molar refractivity (Wildman–Crippen MR) is 280 cm³/mol. The Labute approximate surface area is 436 Å². The minimum Gasteiger partial charge on any atom is -0.508 e. The third kappa shape index (κ3) is 14.6. The maximum Gasteiger partial charge on any atom is 0.329 e. The average Bonchev–Trinajstić information content (AvgIpc) is 4.04. The lowest BCUT2D eigenvalue weighted by atomic mass is 10.0. The van der Waals surface area contributed by atoms with Gasteiger partial charge in [0.05, 0.1) is 0 Å². The first kappa shape index (κ1) is 52.7. The van der Waals surface area contributed by atoms with Crippen LogP contribution in [-0.4, -0.2) is 90.1 Å². The highest BCUT2D eigenvalue weighted by Gasteiger charge is 2.32. The van der Waals surface area contributed by atoms with Crippen LogP contribution in [0, 0.1) is 0 Å². The first-order chi connectivity index (χ1) is 36.7. The van der Waals surface area contributed by atoms with E-state index in [-0.39, 0.29) is 61.9 Å². The minimum absolute atomic E-state index is 0.00780. The van der Waals surface area contributed by atoms with E-state index in [1.54, 1.807) is 60.9 Å². The van der Waals surface area contributed by atoms with Crippen molar-refractivity contribution in [1.82, 2.24) is 31.2 Å². The fraction of sp³-hybridized carbons (Fsp3) is 0.207. The van der Waals surface area contributed by atoms with Crippen molar-refractivity contribution in [3.63, 3.8) is 0 Å². The smallest absolute Gasteiger partial charge is 0.329 e. The monoisotopic (exact) mass is 1030 g/mol. The lowest BCUT2D eigenvalue weighted by molar-refractivity contribution is -0.149. The zero-order chi connectivity index (χ0) is 53.6. The van der Waals surface area contributed by atoms with Crippen LogP contribution in [0.1, 0.15) is 46.2 Å². The van der Waals surface area contributed by atoms with Crippen LogP contribution in [0.4, 0.5) is 0 Å². The molecule has 0 aliphatic rings. The highest BCUT2D eigenvalue weighted by molar-refractivity contribution is 5.94. The van der Waals surface area contributed by atoms with Crippen LogP contribution in [-0.2, 0) is 77.1 Å². The molecule has 0 spiro atoms. The standard InChI is InChI=1S/C58H56N6O12/c65-41-17-9-35(10-18-41)27-49(55(71)63-51(29-39-31-59-47-7-3-1-5-45(39)47)57(73)75-33-37-13-21-43(67)22-14-37)61-53(69)25-26-54(70)62-50(28-36-11-19-42(66)20-12-36)56(72)64-52(30-40-32-60-48-8-4-2-6-46(40)48)58(74)76-34-38-15-23-44(68)24-16-38/h1-24,31-32,49-52,59-60,65-68H,25-30,33-34H2,(H,61,69)(H,62,70)(H,63,71)(H,64,72)/t49-,50-,51-,52-/m0/s1. The highest BCUT2D eigenvalue weighted by Crippen LogP contribution is 2.23. The Morgan fingerprint density at radius 2 is 0.724 bits per heavy atom. The van der Waals surface area contributed by atoms with Crippen molar-refractivity contribution in [2.45, 2.75) is 75.9 Å². The topological polar surface area (TPSA) is 281 Å². The number of phenolic OH excluding ortho intramolecular Hbond substituents is 4. The number of benzene rings is 6. The molecule has 2 heterocycles. The van der Waals surface area contributed by atoms with E-state index < -0.39 is 72.6 Å². The lowest BCUT2D eigenvalue weighted by Gasteiger charge is -2.24. The van der Waals surface area contributed by atoms with E-state index in [0.29, 0.717) is 33.4 Å². The first-order valence-corrected chi connectivity index (χ1v) is 24.5. The molecule has 8 aromatic rings. The van der Waals surface area contributed by atoms with E-state index in [9.17, 15) is 49.2 Å². The summed E-state index contributed by atoms with van der Waals surface area (Å²) in [7, 11) is 0. The molecular formula is C58H56N6O12. The maximum absolute atomic E-state index is 14.3. The van der Waals surface area contributed by atoms with E-state index in [0.717, 1.165) is 21.8 Å². The number of hydrogen-bond acceptors (Lipinski definition) is 12. The molecule has 0 aliphatic heterocycles. The Balaban J connectivity index is 0.967. The molecular weight excluding hydrogens is 973 g/mol. The lowest BCUT2D eigenvalue weighted by Crippen LogP contribution is -2.54. The molecule has 0 fully saturated rings. The summed E-state index contributed by atoms with van der Waals surface area (Å²) in [5, 5.41) is 52.1. The molecule has 4 atom stereocenters. The van der Waals surface area contributed by atoms with Crippen molar-refractivity contribution < 1.29 is 58.7 Å². The SMILES string of the molecule is O=C(CCC(=O)N[C@@H](Cc1ccc(O)cc1)C(=O)N[C@@H](Cc1c[nH]c2ccccc12)C(=O)OCc1ccc(O)cc1)N[C@@H](Cc1ccc(O)cc1)C(=O)N[C@@H](Cc1c[nH]c2ccccc12)C(=O)OCc1ccc(O)cc1. The number of carbonyl (C=O) groups is 6. The Morgan fingerprint density at radius 3 is 1.08 bits per heavy atom. The van der Waals surface area contributed by atoms with Gasteiger partial charge in [-0.1, -0.05) is 84.9 Å². The first-order valence-electron chi connectivity index (χ1n) is 24.5. The molecule has 390 valence electrons. The van der Waals surface area contributed by atoms with Gasteiger partial charge in [-0.2, -0.15) is 0 Å². The number of phenols is 4. The summed E-state index contributed by atoms with van der Waals surface area (Å²) in [4.78, 5) is 90.3. The molecule has 18 nitrogen and oxygen atoms in total. The van der Waals surface area contributed by atoms with Crippen LogP contribution in [0.5, 0.6) is 23.0 Å². The number of aromatic nitrogens is 2. The van der Waals surface area contributed by atoms with Gasteiger partial charge in [-0.3, -0.25) is 19.2 Å². The van der Waals surface area contributed by atoms with Crippen molar-refractivity contribution in [3.05, 3.63) is 191 Å². The molecule has 0 radical (unpaired) electrons. The number of amides is 4. The number of aromatic hydroxyl groups is 4. The molecule has 8 rings (SSSR count). The third-order valence-electron chi connectivity index (χ3n) is 12.7. The van der Waals surface area contributed by atoms with Gasteiger partial charge in [0.2, 0.25) is 23.6 Å². The van der Waals surface area contributed by atoms with Crippen LogP contribution >= 0.6 is 0 Å². The van der Waals surface area contributed by atoms with Crippen molar-refractivity contribution in [2.75, 3.05) is 0 Å². The van der Waals surface area contributed by atoms with E-state index in [1.807, 2.05) is 48.5 Å². The molecule has 2 aromatic heterocycles. The fourth-order valence-corrected chi connectivity index (χ4v) is 8.58. The van der Waals surface area contributed by atoms with Gasteiger partial charge >= 0.3 is 11.9 Å². The van der Waals surface area contributed by atoms with Gasteiger partial charge in [0, 0.05) is 72.7 Å². The molecule has 18 heteroatoms. The number of H-pyrrole nitrogens is 2. The van der Waals surface area contributed by atoms with Gasteiger partial charge in [-0.25, -0.2) is 9.59 Å². The van der Waals surface area contributed by atoms with Crippen molar-refractivity contribution in [2.24, 2.45) is 0 Å². The highest BCUT2D eigenvalue weighted by atomic mass is 16.5. The Morgan fingerprint density at radius 1 is 0.395 bits per heavy atom. The number of esters is 2. The van der Waals surface area contributed by atoms with Crippen LogP contribution in [0.2, 0.25) is 0 Å². The van der Waals surface area contributed by atoms with Crippen LogP contribution in [0.25, 0.3) is 21.8 Å². The van der Waals surface area contributed by atoms with Crippen LogP contribution in [0.3, 0.4) is 0 Å². The minimum atomic E-state index is -1.30. The number of hydrogen-bond donors (Lipinski definition) is 10. The Hall–Kier alpha value is -9.58. The number of para-hydroxylation sites is 2. The summed E-state index contributed by atoms with van der Waals surface area (Å²) in [5.41, 5.74) is 5.31. The van der Waals surface area contributed by atoms with E-state index in [1.165, 1.54) is 48.5 Å². The van der Waals surface area contributed by atoms with E-state index in [2.05, 4.69) is 31.2 Å². The van der Waals surface area contributed by atoms with Gasteiger partial charge in [-0.05, 0) is 94.0 Å². The number of ether oxygens (including phenoxy) is 2. The molecule has 0 saturated heterocycles. The van der Waals surface area contributed by atoms with Gasteiger partial charge < -0.3 is 61.1 Å². The summed E-state index contributed by atoms with van der Waals surface area (Å²) < 4.78 is 11.3. The molecule has 4 amide bonds. The summed E-state index contributed by atoms with van der Waals surface area (Å²) in [6, 6.07) is 34.0. The normalized spacial score (nSPS) is 12.7. The second-order valence-corrected chi connectivity index (χ2v) is 18.3. The zero-order valence-electron chi connectivity index (χ0n) is 41.0. The van der Waals surface area contributed by atoms with E-state index >= 15 is 0 Å². The largest absolute Gasteiger partial charge is 0.508 e. The van der Waals surface area contributed by atoms with Gasteiger partial charge in [0.1, 0.15) is 60.4 Å². The molecule has 10 N–H and O–H groups in total. The summed E-state index contributed by atoms with van der Waals surface area (Å²) >= 11 is 0. The van der Waals surface area contributed by atoms with Crippen molar-refractivity contribution in [3.8, 4) is 23.0 Å². The second kappa shape index (κ2) is 24.9. The third-order valence-corrected chi connectivity index (χ3v) is 12.7. The number of nitrogens with one attached hydrogen (secondary N) is 6. The average molecular weight is 1030 g/mol. The van der Waals surface area contributed by atoms with Crippen LogP contribution < -0.4 is 21.3 Å². The maximum atomic E-state index is 14.3. The molecule has 0 unspecified atom stereocenters. The zero-order valence-corrected chi connectivity index (χ0v) is 41.0. The van der Waals surface area contributed by atoms with Gasteiger partial charge in [0.25, 0.3) is 0 Å². The number of aromatic amines is 2. The van der Waals surface area contributed by atoms with Crippen LogP contribution in [0.15, 0.2) is 158 Å². The number of rotatable bonds is 23. The summed E-state index contributed by atoms with van der Waals surface area (Å²) in [6.45, 7) is -0.320. The van der Waals surface area contributed by atoms with Gasteiger partial charge in [-0.15, -0.1) is 0 Å². The van der Waals surface area contributed by atoms with Crippen molar-refractivity contribution in [1.29, 1.82) is 0 Å². The predicted octanol–water partition coefficient (Wildman–Crippen LogP) is 5.95. The number of carbonyl (C=O) groups excluding carboxylic acids is 6. The molecule has 76 heavy (non-hydrogen) atoms. The molecule has 0 bridgehead atoms. The molecule has 6 aromatic carbocycles. The summed E-state index contributed by atoms with van der Waals surface area (Å²) in [5.74, 6) is -4.43. The Bertz CT molecular complexity index is 3080. The van der Waals surface area contributed by atoms with E-state index in [4.69, 9.17) is 9.47 Å².